The Bertz CT molecular complexity index is 309. The summed E-state index contributed by atoms with van der Waals surface area (Å²) in [6.45, 7) is 0.706. The fourth-order valence-corrected chi connectivity index (χ4v) is 1.29. The number of carboxylic acids is 1. The first-order valence-corrected chi connectivity index (χ1v) is 4.51. The van der Waals surface area contributed by atoms with Gasteiger partial charge in [-0.2, -0.15) is 0 Å². The van der Waals surface area contributed by atoms with E-state index in [-0.39, 0.29) is 6.42 Å². The van der Waals surface area contributed by atoms with Gasteiger partial charge in [-0.15, -0.1) is 0 Å². The normalized spacial score (nSPS) is 10.1. The molecule has 78 valence electrons. The molecule has 1 heterocycles. The first-order chi connectivity index (χ1) is 6.61. The van der Waals surface area contributed by atoms with E-state index < -0.39 is 5.97 Å². The number of nitrogens with zero attached hydrogens (tertiary/aromatic N) is 3. The van der Waals surface area contributed by atoms with E-state index in [0.717, 1.165) is 5.95 Å². The lowest BCUT2D eigenvalue weighted by molar-refractivity contribution is -0.137. The van der Waals surface area contributed by atoms with Crippen LogP contribution in [0.25, 0.3) is 0 Å². The first-order valence-electron chi connectivity index (χ1n) is 4.51. The molecule has 0 aliphatic carbocycles. The Hall–Kier alpha value is -1.52. The lowest BCUT2D eigenvalue weighted by Gasteiger charge is -2.17. The molecule has 0 amide bonds. The van der Waals surface area contributed by atoms with Gasteiger partial charge in [0.2, 0.25) is 5.95 Å². The average molecular weight is 197 g/mol. The molecule has 0 aliphatic rings. The van der Waals surface area contributed by atoms with Gasteiger partial charge >= 0.3 is 5.97 Å². The van der Waals surface area contributed by atoms with Crippen LogP contribution in [0.1, 0.15) is 12.8 Å². The maximum absolute atomic E-state index is 10.3. The summed E-state index contributed by atoms with van der Waals surface area (Å²) in [6, 6.07) is 0. The second kappa shape index (κ2) is 4.64. The van der Waals surface area contributed by atoms with E-state index in [4.69, 9.17) is 5.11 Å². The summed E-state index contributed by atoms with van der Waals surface area (Å²) in [5.41, 5.74) is 0. The monoisotopic (exact) mass is 197 g/mol. The quantitative estimate of drug-likeness (QED) is 0.755. The number of aromatic nitrogens is 2. The van der Waals surface area contributed by atoms with Gasteiger partial charge in [-0.25, -0.2) is 4.98 Å². The minimum Gasteiger partial charge on any atom is -0.481 e. The summed E-state index contributed by atoms with van der Waals surface area (Å²) >= 11 is 0. The molecule has 0 fully saturated rings. The first kappa shape index (κ1) is 10.6. The third kappa shape index (κ3) is 2.76. The summed E-state index contributed by atoms with van der Waals surface area (Å²) in [6.07, 6.45) is 4.43. The summed E-state index contributed by atoms with van der Waals surface area (Å²) in [7, 11) is 3.82. The van der Waals surface area contributed by atoms with Gasteiger partial charge in [0.25, 0.3) is 0 Å². The molecule has 1 N–H and O–H groups in total. The van der Waals surface area contributed by atoms with Gasteiger partial charge in [0, 0.05) is 39.5 Å². The van der Waals surface area contributed by atoms with Crippen LogP contribution in [0, 0.1) is 0 Å². The Morgan fingerprint density at radius 1 is 1.71 bits per heavy atom. The van der Waals surface area contributed by atoms with Crippen molar-refractivity contribution >= 4 is 11.9 Å². The van der Waals surface area contributed by atoms with Crippen LogP contribution in [0.2, 0.25) is 0 Å². The van der Waals surface area contributed by atoms with Crippen molar-refractivity contribution < 1.29 is 9.90 Å². The van der Waals surface area contributed by atoms with Gasteiger partial charge < -0.3 is 14.6 Å². The van der Waals surface area contributed by atoms with Crippen molar-refractivity contribution in [1.82, 2.24) is 9.55 Å². The van der Waals surface area contributed by atoms with Crippen LogP contribution in [-0.4, -0.2) is 34.2 Å². The Morgan fingerprint density at radius 3 is 2.93 bits per heavy atom. The summed E-state index contributed by atoms with van der Waals surface area (Å²) in [5.74, 6) is 0.105. The van der Waals surface area contributed by atoms with Crippen molar-refractivity contribution in [2.75, 3.05) is 18.5 Å². The number of aryl methyl sites for hydroxylation is 1. The lowest BCUT2D eigenvalue weighted by atomic mass is 10.3. The van der Waals surface area contributed by atoms with Gasteiger partial charge in [0.15, 0.2) is 0 Å². The zero-order valence-electron chi connectivity index (χ0n) is 8.47. The molecule has 5 heteroatoms. The molecule has 0 radical (unpaired) electrons. The number of aliphatic carboxylic acids is 1. The smallest absolute Gasteiger partial charge is 0.303 e. The van der Waals surface area contributed by atoms with E-state index in [2.05, 4.69) is 4.98 Å². The van der Waals surface area contributed by atoms with Crippen molar-refractivity contribution in [1.29, 1.82) is 0 Å². The average Bonchev–Trinajstić information content (AvgIpc) is 2.50. The van der Waals surface area contributed by atoms with Crippen LogP contribution >= 0.6 is 0 Å². The second-order valence-electron chi connectivity index (χ2n) is 3.26. The van der Waals surface area contributed by atoms with E-state index in [0.29, 0.717) is 13.0 Å². The molecule has 1 aromatic heterocycles. The SMILES string of the molecule is CN(CCCC(=O)O)c1nccn1C. The summed E-state index contributed by atoms with van der Waals surface area (Å²) in [4.78, 5) is 16.4. The number of hydrogen-bond acceptors (Lipinski definition) is 3. The van der Waals surface area contributed by atoms with Gasteiger partial charge in [0.05, 0.1) is 0 Å². The molecular weight excluding hydrogens is 182 g/mol. The van der Waals surface area contributed by atoms with Crippen molar-refractivity contribution in [2.45, 2.75) is 12.8 Å². The molecule has 14 heavy (non-hydrogen) atoms. The maximum atomic E-state index is 10.3. The molecule has 1 aromatic rings. The molecule has 0 aromatic carbocycles. The number of hydrogen-bond donors (Lipinski definition) is 1. The highest BCUT2D eigenvalue weighted by molar-refractivity contribution is 5.66. The predicted molar refractivity (Wildman–Crippen MR) is 53.3 cm³/mol. The van der Waals surface area contributed by atoms with Crippen molar-refractivity contribution in [3.8, 4) is 0 Å². The highest BCUT2D eigenvalue weighted by atomic mass is 16.4. The Kier molecular flexibility index (Phi) is 3.50. The van der Waals surface area contributed by atoms with Crippen molar-refractivity contribution in [3.05, 3.63) is 12.4 Å². The Balaban J connectivity index is 2.39. The molecule has 0 spiro atoms. The zero-order valence-corrected chi connectivity index (χ0v) is 8.47. The van der Waals surface area contributed by atoms with Crippen LogP contribution in [0.5, 0.6) is 0 Å². The maximum Gasteiger partial charge on any atom is 0.303 e. The highest BCUT2D eigenvalue weighted by Crippen LogP contribution is 2.07. The number of rotatable bonds is 5. The fourth-order valence-electron chi connectivity index (χ4n) is 1.29. The minimum atomic E-state index is -0.752. The number of carboxylic acid groups (broad SMARTS) is 1. The lowest BCUT2D eigenvalue weighted by Crippen LogP contribution is -2.22. The summed E-state index contributed by atoms with van der Waals surface area (Å²) in [5, 5.41) is 8.47. The van der Waals surface area contributed by atoms with Crippen LogP contribution in [-0.2, 0) is 11.8 Å². The van der Waals surface area contributed by atoms with Crippen LogP contribution < -0.4 is 4.90 Å². The molecule has 0 bridgehead atoms. The molecule has 0 aliphatic heterocycles. The number of anilines is 1. The number of imidazole rings is 1. The van der Waals surface area contributed by atoms with Crippen LogP contribution in [0.4, 0.5) is 5.95 Å². The molecule has 0 atom stereocenters. The fraction of sp³-hybridized carbons (Fsp3) is 0.556. The van der Waals surface area contributed by atoms with E-state index in [9.17, 15) is 4.79 Å². The second-order valence-corrected chi connectivity index (χ2v) is 3.26. The molecule has 0 saturated heterocycles. The van der Waals surface area contributed by atoms with Gasteiger partial charge in [0.1, 0.15) is 0 Å². The third-order valence-corrected chi connectivity index (χ3v) is 2.02. The summed E-state index contributed by atoms with van der Waals surface area (Å²) < 4.78 is 1.90. The predicted octanol–water partition coefficient (Wildman–Crippen LogP) is 0.721. The van der Waals surface area contributed by atoms with E-state index >= 15 is 0 Å². The molecule has 0 saturated carbocycles. The molecular formula is C9H15N3O2. The van der Waals surface area contributed by atoms with E-state index in [1.807, 2.05) is 29.8 Å². The standard InChI is InChI=1S/C9H15N3O2/c1-11(6-3-4-8(13)14)9-10-5-7-12(9)2/h5,7H,3-4,6H2,1-2H3,(H,13,14). The van der Waals surface area contributed by atoms with E-state index in [1.54, 1.807) is 6.20 Å². The molecule has 1 rings (SSSR count). The highest BCUT2D eigenvalue weighted by Gasteiger charge is 2.06. The van der Waals surface area contributed by atoms with Gasteiger partial charge in [-0.1, -0.05) is 0 Å². The largest absolute Gasteiger partial charge is 0.481 e. The Labute approximate surface area is 83.0 Å². The Morgan fingerprint density at radius 2 is 2.43 bits per heavy atom. The van der Waals surface area contributed by atoms with Crippen LogP contribution in [0.3, 0.4) is 0 Å². The molecule has 5 nitrogen and oxygen atoms in total. The minimum absolute atomic E-state index is 0.203. The van der Waals surface area contributed by atoms with Gasteiger partial charge in [-0.05, 0) is 6.42 Å². The van der Waals surface area contributed by atoms with Crippen molar-refractivity contribution in [2.24, 2.45) is 7.05 Å². The van der Waals surface area contributed by atoms with Gasteiger partial charge in [-0.3, -0.25) is 4.79 Å². The van der Waals surface area contributed by atoms with Crippen LogP contribution in [0.15, 0.2) is 12.4 Å². The third-order valence-electron chi connectivity index (χ3n) is 2.02. The van der Waals surface area contributed by atoms with Crippen molar-refractivity contribution in [3.63, 3.8) is 0 Å². The topological polar surface area (TPSA) is 58.4 Å². The van der Waals surface area contributed by atoms with E-state index in [1.165, 1.54) is 0 Å². The number of carbonyl (C=O) groups is 1. The molecule has 0 unspecified atom stereocenters. The zero-order chi connectivity index (χ0) is 10.6.